The lowest BCUT2D eigenvalue weighted by Crippen LogP contribution is -3.08. The van der Waals surface area contributed by atoms with E-state index in [1.807, 2.05) is 49.2 Å². The van der Waals surface area contributed by atoms with Gasteiger partial charge in [0.15, 0.2) is 18.0 Å². The summed E-state index contributed by atoms with van der Waals surface area (Å²) in [6.45, 7) is 4.52. The Morgan fingerprint density at radius 2 is 1.76 bits per heavy atom. The van der Waals surface area contributed by atoms with Crippen LogP contribution in [0.5, 0.6) is 11.5 Å². The van der Waals surface area contributed by atoms with Gasteiger partial charge in [0, 0.05) is 31.3 Å². The van der Waals surface area contributed by atoms with Crippen molar-refractivity contribution in [2.75, 3.05) is 34.0 Å². The van der Waals surface area contributed by atoms with E-state index in [1.165, 1.54) is 0 Å². The fourth-order valence-corrected chi connectivity index (χ4v) is 3.34. The molecule has 0 aliphatic carbocycles. The van der Waals surface area contributed by atoms with Crippen LogP contribution < -0.4 is 19.7 Å². The Morgan fingerprint density at radius 3 is 2.45 bits per heavy atom. The van der Waals surface area contributed by atoms with Crippen LogP contribution in [0.3, 0.4) is 0 Å². The number of amides is 2. The number of carbonyl (C=O) groups is 2. The molecule has 3 rings (SSSR count). The molecule has 1 atom stereocenters. The second-order valence-electron chi connectivity index (χ2n) is 7.18. The normalized spacial score (nSPS) is 13.1. The first-order valence-corrected chi connectivity index (χ1v) is 9.78. The zero-order valence-electron chi connectivity index (χ0n) is 17.2. The van der Waals surface area contributed by atoms with Gasteiger partial charge in [-0.3, -0.25) is 9.59 Å². The highest BCUT2D eigenvalue weighted by Crippen LogP contribution is 2.32. The van der Waals surface area contributed by atoms with Gasteiger partial charge in [-0.1, -0.05) is 18.2 Å². The van der Waals surface area contributed by atoms with Crippen molar-refractivity contribution in [2.24, 2.45) is 0 Å². The molecule has 1 heterocycles. The lowest BCUT2D eigenvalue weighted by atomic mass is 10.1. The van der Waals surface area contributed by atoms with E-state index in [-0.39, 0.29) is 18.6 Å². The monoisotopic (exact) mass is 398 g/mol. The van der Waals surface area contributed by atoms with Gasteiger partial charge in [0.25, 0.3) is 11.8 Å². The number of benzene rings is 2. The molecule has 0 saturated heterocycles. The van der Waals surface area contributed by atoms with Crippen LogP contribution >= 0.6 is 0 Å². The maximum absolute atomic E-state index is 12.8. The number of carbonyl (C=O) groups excluding carboxylic acids is 2. The third kappa shape index (κ3) is 5.26. The van der Waals surface area contributed by atoms with Crippen molar-refractivity contribution in [1.82, 2.24) is 10.2 Å². The number of rotatable bonds is 8. The van der Waals surface area contributed by atoms with Crippen LogP contribution in [0.1, 0.15) is 28.4 Å². The van der Waals surface area contributed by atoms with E-state index in [1.54, 1.807) is 19.2 Å². The molecule has 0 aromatic heterocycles. The highest BCUT2D eigenvalue weighted by atomic mass is 16.7. The number of nitrogens with zero attached hydrogens (tertiary/aromatic N) is 1. The summed E-state index contributed by atoms with van der Waals surface area (Å²) in [6, 6.07) is 13.3. The van der Waals surface area contributed by atoms with Gasteiger partial charge in [0.05, 0.1) is 7.05 Å². The summed E-state index contributed by atoms with van der Waals surface area (Å²) >= 11 is 0. The van der Waals surface area contributed by atoms with E-state index < -0.39 is 0 Å². The standard InChI is InChI=1S/C22H27N3O4/c1-4-25(13-17-7-10-19-20(11-17)29-15-28-19)21(26)14-24(3)12-16-5-8-18(9-6-16)22(27)23-2/h5-11H,4,12-15H2,1-3H3,(H,23,27)/p+1. The lowest BCUT2D eigenvalue weighted by Gasteiger charge is -2.23. The van der Waals surface area contributed by atoms with Crippen LogP contribution in [0.25, 0.3) is 0 Å². The van der Waals surface area contributed by atoms with Gasteiger partial charge in [0.1, 0.15) is 6.54 Å². The van der Waals surface area contributed by atoms with E-state index in [0.717, 1.165) is 27.5 Å². The summed E-state index contributed by atoms with van der Waals surface area (Å²) in [5.41, 5.74) is 2.74. The minimum atomic E-state index is -0.102. The molecule has 0 spiro atoms. The number of hydrogen-bond acceptors (Lipinski definition) is 4. The average Bonchev–Trinajstić information content (AvgIpc) is 3.19. The number of nitrogens with one attached hydrogen (secondary N) is 2. The van der Waals surface area contributed by atoms with Crippen LogP contribution in [0.2, 0.25) is 0 Å². The first-order valence-electron chi connectivity index (χ1n) is 9.78. The number of hydrogen-bond donors (Lipinski definition) is 2. The summed E-state index contributed by atoms with van der Waals surface area (Å²) in [7, 11) is 3.61. The maximum Gasteiger partial charge on any atom is 0.278 e. The molecular formula is C22H28N3O4+. The topological polar surface area (TPSA) is 72.3 Å². The van der Waals surface area contributed by atoms with Crippen LogP contribution in [-0.4, -0.2) is 50.7 Å². The molecule has 2 N–H and O–H groups in total. The molecule has 1 aliphatic rings. The van der Waals surface area contributed by atoms with Crippen LogP contribution in [0, 0.1) is 0 Å². The third-order valence-corrected chi connectivity index (χ3v) is 4.95. The van der Waals surface area contributed by atoms with E-state index in [4.69, 9.17) is 9.47 Å². The quantitative estimate of drug-likeness (QED) is 0.691. The Bertz CT molecular complexity index is 867. The van der Waals surface area contributed by atoms with Crippen molar-refractivity contribution in [2.45, 2.75) is 20.0 Å². The summed E-state index contributed by atoms with van der Waals surface area (Å²) in [6.07, 6.45) is 0. The molecule has 7 nitrogen and oxygen atoms in total. The minimum Gasteiger partial charge on any atom is -0.454 e. The van der Waals surface area contributed by atoms with Crippen molar-refractivity contribution in [3.63, 3.8) is 0 Å². The van der Waals surface area contributed by atoms with Gasteiger partial charge >= 0.3 is 0 Å². The third-order valence-electron chi connectivity index (χ3n) is 4.95. The van der Waals surface area contributed by atoms with Crippen LogP contribution in [0.15, 0.2) is 42.5 Å². The average molecular weight is 398 g/mol. The van der Waals surface area contributed by atoms with E-state index in [0.29, 0.717) is 31.7 Å². The van der Waals surface area contributed by atoms with E-state index >= 15 is 0 Å². The number of likely N-dealkylation sites (N-methyl/N-ethyl adjacent to an activating group) is 2. The molecule has 0 saturated carbocycles. The highest BCUT2D eigenvalue weighted by molar-refractivity contribution is 5.93. The molecule has 2 aromatic rings. The van der Waals surface area contributed by atoms with Crippen LogP contribution in [-0.2, 0) is 17.9 Å². The molecule has 0 radical (unpaired) electrons. The fourth-order valence-electron chi connectivity index (χ4n) is 3.34. The SMILES string of the molecule is CCN(Cc1ccc2c(c1)OCO2)C(=O)C[NH+](C)Cc1ccc(C(=O)NC)cc1. The van der Waals surface area contributed by atoms with Crippen molar-refractivity contribution >= 4 is 11.8 Å². The summed E-state index contributed by atoms with van der Waals surface area (Å²) < 4.78 is 10.8. The number of quaternary nitrogens is 1. The van der Waals surface area contributed by atoms with Crippen molar-refractivity contribution in [3.05, 3.63) is 59.2 Å². The second kappa shape index (κ2) is 9.43. The van der Waals surface area contributed by atoms with Gasteiger partial charge in [-0.2, -0.15) is 0 Å². The molecule has 1 aliphatic heterocycles. The Morgan fingerprint density at radius 1 is 1.07 bits per heavy atom. The lowest BCUT2D eigenvalue weighted by molar-refractivity contribution is -0.885. The predicted octanol–water partition coefficient (Wildman–Crippen LogP) is 0.838. The molecule has 0 fully saturated rings. The molecule has 1 unspecified atom stereocenters. The number of ether oxygens (including phenoxy) is 2. The minimum absolute atomic E-state index is 0.102. The van der Waals surface area contributed by atoms with E-state index in [9.17, 15) is 9.59 Å². The molecule has 0 bridgehead atoms. The summed E-state index contributed by atoms with van der Waals surface area (Å²) in [5, 5.41) is 2.61. The van der Waals surface area contributed by atoms with Gasteiger partial charge in [-0.15, -0.1) is 0 Å². The molecule has 2 amide bonds. The maximum atomic E-state index is 12.8. The highest BCUT2D eigenvalue weighted by Gasteiger charge is 2.19. The first-order chi connectivity index (χ1) is 14.0. The Kier molecular flexibility index (Phi) is 6.72. The smallest absolute Gasteiger partial charge is 0.278 e. The molecule has 2 aromatic carbocycles. The van der Waals surface area contributed by atoms with Crippen LogP contribution in [0.4, 0.5) is 0 Å². The largest absolute Gasteiger partial charge is 0.454 e. The van der Waals surface area contributed by atoms with Gasteiger partial charge in [0.2, 0.25) is 6.79 Å². The Hall–Kier alpha value is -3.06. The van der Waals surface area contributed by atoms with Crippen molar-refractivity contribution < 1.29 is 24.0 Å². The van der Waals surface area contributed by atoms with Crippen molar-refractivity contribution in [3.8, 4) is 11.5 Å². The van der Waals surface area contributed by atoms with E-state index in [2.05, 4.69) is 5.32 Å². The fraction of sp³-hybridized carbons (Fsp3) is 0.364. The molecular weight excluding hydrogens is 370 g/mol. The summed E-state index contributed by atoms with van der Waals surface area (Å²) in [5.74, 6) is 1.47. The second-order valence-corrected chi connectivity index (χ2v) is 7.18. The molecule has 7 heteroatoms. The predicted molar refractivity (Wildman–Crippen MR) is 109 cm³/mol. The molecule has 154 valence electrons. The Labute approximate surface area is 171 Å². The Balaban J connectivity index is 1.55. The summed E-state index contributed by atoms with van der Waals surface area (Å²) in [4.78, 5) is 27.4. The van der Waals surface area contributed by atoms with Gasteiger partial charge in [-0.25, -0.2) is 0 Å². The number of fused-ring (bicyclic) bond motifs is 1. The zero-order valence-corrected chi connectivity index (χ0v) is 17.2. The first kappa shape index (κ1) is 20.7. The van der Waals surface area contributed by atoms with Gasteiger partial charge in [-0.05, 0) is 36.8 Å². The molecule has 29 heavy (non-hydrogen) atoms. The van der Waals surface area contributed by atoms with Crippen molar-refractivity contribution in [1.29, 1.82) is 0 Å². The zero-order chi connectivity index (χ0) is 20.8. The van der Waals surface area contributed by atoms with Gasteiger partial charge < -0.3 is 24.6 Å².